The van der Waals surface area contributed by atoms with Crippen molar-refractivity contribution in [3.05, 3.63) is 138 Å². The van der Waals surface area contributed by atoms with Crippen LogP contribution in [0.25, 0.3) is 5.76 Å². The molecule has 1 spiro atoms. The number of carbonyl (C=O) groups is 2. The number of rotatable bonds is 7. The lowest BCUT2D eigenvalue weighted by molar-refractivity contribution is -0.129. The van der Waals surface area contributed by atoms with Crippen molar-refractivity contribution in [1.82, 2.24) is 5.32 Å². The molecular weight excluding hydrogens is 500 g/mol. The lowest BCUT2D eigenvalue weighted by Gasteiger charge is -2.30. The Hall–Kier alpha value is -4.68. The van der Waals surface area contributed by atoms with Crippen LogP contribution in [-0.2, 0) is 21.5 Å². The average Bonchev–Trinajstić information content (AvgIpc) is 3.48. The first kappa shape index (κ1) is 25.6. The second-order valence-corrected chi connectivity index (χ2v) is 10.3. The highest BCUT2D eigenvalue weighted by atomic mass is 16.5. The molecule has 1 amide bonds. The number of para-hydroxylation sites is 1. The van der Waals surface area contributed by atoms with E-state index >= 15 is 0 Å². The highest BCUT2D eigenvalue weighted by molar-refractivity contribution is 6.12. The van der Waals surface area contributed by atoms with Gasteiger partial charge in [0, 0.05) is 34.9 Å². The topological polar surface area (TPSA) is 87.7 Å². The number of nitrogens with one attached hydrogen (secondary N) is 2. The minimum atomic E-state index is -1.31. The maximum atomic E-state index is 14.4. The molecule has 6 rings (SSSR count). The molecule has 0 radical (unpaired) electrons. The number of methoxy groups -OCH3 is 1. The quantitative estimate of drug-likeness (QED) is 0.213. The second kappa shape index (κ2) is 10.5. The number of amides is 1. The number of anilines is 1. The maximum absolute atomic E-state index is 14.4. The Bertz CT molecular complexity index is 1570. The lowest BCUT2D eigenvalue weighted by atomic mass is 9.70. The average molecular weight is 531 g/mol. The minimum absolute atomic E-state index is 0.132. The number of hydrogen-bond acceptors (Lipinski definition) is 5. The number of fused-ring (bicyclic) bond motifs is 2. The van der Waals surface area contributed by atoms with Gasteiger partial charge < -0.3 is 15.2 Å². The van der Waals surface area contributed by atoms with E-state index in [1.54, 1.807) is 31.4 Å². The number of aliphatic hydroxyl groups excluding tert-OH is 1. The van der Waals surface area contributed by atoms with Gasteiger partial charge in [0.1, 0.15) is 17.0 Å². The van der Waals surface area contributed by atoms with Gasteiger partial charge in [-0.25, -0.2) is 0 Å². The van der Waals surface area contributed by atoms with Gasteiger partial charge in [-0.2, -0.15) is 0 Å². The summed E-state index contributed by atoms with van der Waals surface area (Å²) in [5.41, 5.74) is 2.65. The SMILES string of the molecule is COc1ccc([C@@H]2[C@@H](Cc3ccccc3)N[C@]3(C(=O)Nc4ccccc43)[C@H]2C(=O)/C=C(\O)c2ccccc2)cc1. The molecule has 40 heavy (non-hydrogen) atoms. The minimum Gasteiger partial charge on any atom is -0.507 e. The summed E-state index contributed by atoms with van der Waals surface area (Å²) in [7, 11) is 1.61. The van der Waals surface area contributed by atoms with Crippen molar-refractivity contribution < 1.29 is 19.4 Å². The van der Waals surface area contributed by atoms with Crippen LogP contribution in [0.5, 0.6) is 5.75 Å². The molecule has 1 fully saturated rings. The molecule has 4 aromatic rings. The summed E-state index contributed by atoms with van der Waals surface area (Å²) in [6.45, 7) is 0. The summed E-state index contributed by atoms with van der Waals surface area (Å²) in [5.74, 6) is -1.23. The Kier molecular flexibility index (Phi) is 6.70. The number of aliphatic hydroxyl groups is 1. The van der Waals surface area contributed by atoms with Gasteiger partial charge in [0.05, 0.1) is 13.0 Å². The fourth-order valence-corrected chi connectivity index (χ4v) is 6.31. The summed E-state index contributed by atoms with van der Waals surface area (Å²) >= 11 is 0. The van der Waals surface area contributed by atoms with Crippen LogP contribution in [0.1, 0.15) is 28.2 Å². The van der Waals surface area contributed by atoms with E-state index in [1.165, 1.54) is 6.08 Å². The number of carbonyl (C=O) groups excluding carboxylic acids is 2. The molecule has 2 heterocycles. The zero-order valence-electron chi connectivity index (χ0n) is 22.1. The van der Waals surface area contributed by atoms with E-state index in [4.69, 9.17) is 4.74 Å². The normalized spacial score (nSPS) is 23.6. The summed E-state index contributed by atoms with van der Waals surface area (Å²) in [4.78, 5) is 28.3. The van der Waals surface area contributed by atoms with Gasteiger partial charge in [-0.3, -0.25) is 14.9 Å². The van der Waals surface area contributed by atoms with Crippen molar-refractivity contribution in [3.8, 4) is 5.75 Å². The van der Waals surface area contributed by atoms with Gasteiger partial charge in [-0.1, -0.05) is 91.0 Å². The standard InChI is InChI=1S/C34H30N2O4/c1-40-25-18-16-24(17-19-25)31-28(20-22-10-4-2-5-11-22)36-34(26-14-8-9-15-27(26)35-33(34)39)32(31)30(38)21-29(37)23-12-6-3-7-13-23/h2-19,21,28,31-32,36-37H,20H2,1H3,(H,35,39)/b29-21-/t28-,31-,32+,34+/m1/s1. The molecule has 0 aromatic heterocycles. The van der Waals surface area contributed by atoms with Crippen molar-refractivity contribution in [3.63, 3.8) is 0 Å². The molecule has 3 N–H and O–H groups in total. The zero-order valence-corrected chi connectivity index (χ0v) is 22.1. The van der Waals surface area contributed by atoms with Crippen LogP contribution in [0.4, 0.5) is 5.69 Å². The molecule has 6 heteroatoms. The number of ketones is 1. The molecule has 0 aliphatic carbocycles. The van der Waals surface area contributed by atoms with Crippen LogP contribution < -0.4 is 15.4 Å². The van der Waals surface area contributed by atoms with Crippen LogP contribution in [0.3, 0.4) is 0 Å². The third-order valence-corrected chi connectivity index (χ3v) is 8.08. The summed E-state index contributed by atoms with van der Waals surface area (Å²) in [6, 6.07) is 33.9. The van der Waals surface area contributed by atoms with E-state index < -0.39 is 11.5 Å². The van der Waals surface area contributed by atoms with E-state index in [-0.39, 0.29) is 29.4 Å². The van der Waals surface area contributed by atoms with Crippen molar-refractivity contribution in [1.29, 1.82) is 0 Å². The van der Waals surface area contributed by atoms with Crippen molar-refractivity contribution in [2.45, 2.75) is 23.9 Å². The molecule has 6 nitrogen and oxygen atoms in total. The van der Waals surface area contributed by atoms with Crippen LogP contribution in [-0.4, -0.2) is 29.9 Å². The van der Waals surface area contributed by atoms with Crippen LogP contribution in [0.2, 0.25) is 0 Å². The molecule has 0 bridgehead atoms. The molecule has 4 aromatic carbocycles. The first-order chi connectivity index (χ1) is 19.5. The summed E-state index contributed by atoms with van der Waals surface area (Å²) in [6.07, 6.45) is 1.88. The molecule has 4 atom stereocenters. The van der Waals surface area contributed by atoms with Crippen molar-refractivity contribution in [2.24, 2.45) is 5.92 Å². The Morgan fingerprint density at radius 1 is 0.900 bits per heavy atom. The van der Waals surface area contributed by atoms with Gasteiger partial charge in [-0.15, -0.1) is 0 Å². The molecule has 200 valence electrons. The molecule has 0 unspecified atom stereocenters. The second-order valence-electron chi connectivity index (χ2n) is 10.3. The molecule has 0 saturated carbocycles. The smallest absolute Gasteiger partial charge is 0.250 e. The van der Waals surface area contributed by atoms with E-state index in [2.05, 4.69) is 22.8 Å². The summed E-state index contributed by atoms with van der Waals surface area (Å²) < 4.78 is 5.40. The van der Waals surface area contributed by atoms with Crippen LogP contribution in [0, 0.1) is 5.92 Å². The number of hydrogen-bond donors (Lipinski definition) is 3. The first-order valence-electron chi connectivity index (χ1n) is 13.4. The molecule has 1 saturated heterocycles. The number of ether oxygens (including phenoxy) is 1. The van der Waals surface area contributed by atoms with Gasteiger partial charge in [0.25, 0.3) is 0 Å². The van der Waals surface area contributed by atoms with Crippen molar-refractivity contribution >= 4 is 23.1 Å². The number of allylic oxidation sites excluding steroid dienone is 1. The Labute approximate surface area is 233 Å². The Morgan fingerprint density at radius 2 is 1.55 bits per heavy atom. The van der Waals surface area contributed by atoms with Crippen LogP contribution in [0.15, 0.2) is 115 Å². The Balaban J connectivity index is 1.53. The molecule has 2 aliphatic heterocycles. The van der Waals surface area contributed by atoms with Crippen LogP contribution >= 0.6 is 0 Å². The predicted octanol–water partition coefficient (Wildman–Crippen LogP) is 5.63. The fraction of sp³-hybridized carbons (Fsp3) is 0.176. The lowest BCUT2D eigenvalue weighted by Crippen LogP contribution is -2.51. The van der Waals surface area contributed by atoms with Gasteiger partial charge in [0.15, 0.2) is 5.78 Å². The van der Waals surface area contributed by atoms with E-state index in [0.717, 1.165) is 16.7 Å². The monoisotopic (exact) mass is 530 g/mol. The van der Waals surface area contributed by atoms with Crippen molar-refractivity contribution in [2.75, 3.05) is 12.4 Å². The third kappa shape index (κ3) is 4.36. The summed E-state index contributed by atoms with van der Waals surface area (Å²) in [5, 5.41) is 17.7. The fourth-order valence-electron chi connectivity index (χ4n) is 6.31. The highest BCUT2D eigenvalue weighted by Gasteiger charge is 2.63. The van der Waals surface area contributed by atoms with Gasteiger partial charge in [0.2, 0.25) is 5.91 Å². The first-order valence-corrected chi connectivity index (χ1v) is 13.4. The highest BCUT2D eigenvalue weighted by Crippen LogP contribution is 2.53. The predicted molar refractivity (Wildman–Crippen MR) is 155 cm³/mol. The Morgan fingerprint density at radius 3 is 2.25 bits per heavy atom. The van der Waals surface area contributed by atoms with E-state index in [1.807, 2.05) is 72.8 Å². The van der Waals surface area contributed by atoms with E-state index in [9.17, 15) is 14.7 Å². The largest absolute Gasteiger partial charge is 0.507 e. The van der Waals surface area contributed by atoms with E-state index in [0.29, 0.717) is 23.4 Å². The number of benzene rings is 4. The maximum Gasteiger partial charge on any atom is 0.250 e. The zero-order chi connectivity index (χ0) is 27.7. The molecular formula is C34H30N2O4. The third-order valence-electron chi connectivity index (χ3n) is 8.08. The molecule has 2 aliphatic rings. The van der Waals surface area contributed by atoms with Gasteiger partial charge in [-0.05, 0) is 35.7 Å². The van der Waals surface area contributed by atoms with Gasteiger partial charge >= 0.3 is 0 Å².